The van der Waals surface area contributed by atoms with Crippen LogP contribution in [-0.4, -0.2) is 77.5 Å². The number of nitrogens with zero attached hydrogens (tertiary/aromatic N) is 1. The first kappa shape index (κ1) is 34.8. The SMILES string of the molecule is CO/N=C1\CC2(CC3CC(C/C=C(\C)CC(C)/C=C/C=C4\COC5C(O)C(C)=CC(C(=O)O3)C45O)O2)OC(/C(C)=C/C(C)C)C1C. The molecule has 3 saturated heterocycles. The third-order valence-corrected chi connectivity index (χ3v) is 10.1. The Morgan fingerprint density at radius 3 is 2.67 bits per heavy atom. The van der Waals surface area contributed by atoms with Crippen molar-refractivity contribution >= 4 is 11.7 Å². The number of allylic oxidation sites excluding steroid dienone is 5. The molecular weight excluding hydrogens is 586 g/mol. The molecular formula is C37H53NO8. The minimum atomic E-state index is -1.74. The van der Waals surface area contributed by atoms with Crippen LogP contribution in [0.4, 0.5) is 0 Å². The van der Waals surface area contributed by atoms with E-state index in [-0.39, 0.29) is 30.7 Å². The lowest BCUT2D eigenvalue weighted by Crippen LogP contribution is -2.59. The molecule has 0 saturated carbocycles. The molecule has 1 spiro atoms. The van der Waals surface area contributed by atoms with Crippen molar-refractivity contribution in [2.24, 2.45) is 28.8 Å². The fourth-order valence-corrected chi connectivity index (χ4v) is 7.94. The average Bonchev–Trinajstić information content (AvgIpc) is 3.31. The van der Waals surface area contributed by atoms with Crippen molar-refractivity contribution in [2.75, 3.05) is 13.7 Å². The van der Waals surface area contributed by atoms with Gasteiger partial charge >= 0.3 is 5.97 Å². The summed E-state index contributed by atoms with van der Waals surface area (Å²) in [4.78, 5) is 19.4. The minimum Gasteiger partial charge on any atom is -0.462 e. The highest BCUT2D eigenvalue weighted by atomic mass is 16.7. The molecule has 5 rings (SSSR count). The molecule has 4 heterocycles. The van der Waals surface area contributed by atoms with E-state index in [4.69, 9.17) is 23.8 Å². The second kappa shape index (κ2) is 13.9. The van der Waals surface area contributed by atoms with Crippen LogP contribution in [0, 0.1) is 23.7 Å². The number of esters is 1. The first-order chi connectivity index (χ1) is 21.8. The van der Waals surface area contributed by atoms with E-state index in [0.717, 1.165) is 17.7 Å². The van der Waals surface area contributed by atoms with Crippen LogP contribution in [0.1, 0.15) is 80.6 Å². The van der Waals surface area contributed by atoms with Gasteiger partial charge in [0.25, 0.3) is 0 Å². The van der Waals surface area contributed by atoms with E-state index in [1.807, 2.05) is 12.2 Å². The van der Waals surface area contributed by atoms with Gasteiger partial charge in [0.2, 0.25) is 0 Å². The van der Waals surface area contributed by atoms with E-state index in [1.165, 1.54) is 5.57 Å². The fraction of sp³-hybridized carbons (Fsp3) is 0.676. The standard InChI is InChI=1S/C37H53NO8/c1-21(2)14-25(6)33-26(7)31(38-42-8)19-36(46-33)18-29-17-28(45-36)13-12-23(4)15-22(3)10-9-11-27-20-43-34-32(39)24(5)16-30(35(40)44-29)37(27,34)41/h9-12,14,16,21-22,26,28-30,32-34,39,41H,13,15,17-20H2,1-8H3/b10-9+,23-12+,25-14+,27-11+,38-31+. The first-order valence-corrected chi connectivity index (χ1v) is 16.8. The van der Waals surface area contributed by atoms with E-state index in [2.05, 4.69) is 64.9 Å². The summed E-state index contributed by atoms with van der Waals surface area (Å²) in [6.45, 7) is 14.6. The smallest absolute Gasteiger partial charge is 0.316 e. The van der Waals surface area contributed by atoms with Gasteiger partial charge in [0.15, 0.2) is 5.79 Å². The number of carbonyl (C=O) groups excluding carboxylic acids is 1. The average molecular weight is 640 g/mol. The van der Waals surface area contributed by atoms with Crippen LogP contribution in [0.3, 0.4) is 0 Å². The Hall–Kier alpha value is -2.56. The number of carbonyl (C=O) groups is 1. The van der Waals surface area contributed by atoms with Gasteiger partial charge in [-0.2, -0.15) is 0 Å². The molecule has 4 aliphatic heterocycles. The van der Waals surface area contributed by atoms with Gasteiger partial charge in [-0.3, -0.25) is 4.79 Å². The summed E-state index contributed by atoms with van der Waals surface area (Å²) < 4.78 is 26.0. The third-order valence-electron chi connectivity index (χ3n) is 10.1. The van der Waals surface area contributed by atoms with Crippen molar-refractivity contribution in [3.63, 3.8) is 0 Å². The largest absolute Gasteiger partial charge is 0.462 e. The summed E-state index contributed by atoms with van der Waals surface area (Å²) in [5.41, 5.74) is 2.54. The molecule has 10 atom stereocenters. The van der Waals surface area contributed by atoms with Crippen LogP contribution in [0.25, 0.3) is 0 Å². The highest BCUT2D eigenvalue weighted by Crippen LogP contribution is 2.47. The summed E-state index contributed by atoms with van der Waals surface area (Å²) in [6.07, 6.45) is 11.4. The van der Waals surface area contributed by atoms with Crippen molar-refractivity contribution < 1.29 is 38.8 Å². The molecule has 9 heteroatoms. The van der Waals surface area contributed by atoms with Crippen LogP contribution >= 0.6 is 0 Å². The van der Waals surface area contributed by atoms with Crippen molar-refractivity contribution in [1.29, 1.82) is 0 Å². The predicted molar refractivity (Wildman–Crippen MR) is 176 cm³/mol. The van der Waals surface area contributed by atoms with Crippen molar-refractivity contribution in [3.8, 4) is 0 Å². The molecule has 9 nitrogen and oxygen atoms in total. The van der Waals surface area contributed by atoms with Crippen LogP contribution < -0.4 is 0 Å². The normalized spacial score (nSPS) is 44.5. The summed E-state index contributed by atoms with van der Waals surface area (Å²) in [7, 11) is 1.55. The van der Waals surface area contributed by atoms with Crippen LogP contribution in [0.5, 0.6) is 0 Å². The van der Waals surface area contributed by atoms with E-state index in [9.17, 15) is 15.0 Å². The number of ether oxygens (including phenoxy) is 4. The van der Waals surface area contributed by atoms with Gasteiger partial charge in [0.1, 0.15) is 36.9 Å². The number of oxime groups is 1. The van der Waals surface area contributed by atoms with E-state index < -0.39 is 41.6 Å². The molecule has 0 aromatic carbocycles. The zero-order chi connectivity index (χ0) is 33.4. The van der Waals surface area contributed by atoms with E-state index in [1.54, 1.807) is 20.1 Å². The van der Waals surface area contributed by atoms with Crippen LogP contribution in [0.15, 0.2) is 63.9 Å². The van der Waals surface area contributed by atoms with E-state index >= 15 is 0 Å². The molecule has 3 fully saturated rings. The maximum absolute atomic E-state index is 14.2. The molecule has 46 heavy (non-hydrogen) atoms. The Morgan fingerprint density at radius 2 is 1.96 bits per heavy atom. The highest BCUT2D eigenvalue weighted by molar-refractivity contribution is 5.88. The van der Waals surface area contributed by atoms with Gasteiger partial charge in [0.05, 0.1) is 24.5 Å². The van der Waals surface area contributed by atoms with Crippen LogP contribution in [-0.2, 0) is 28.6 Å². The molecule has 5 aliphatic rings. The molecule has 0 amide bonds. The summed E-state index contributed by atoms with van der Waals surface area (Å²) in [6, 6.07) is 0. The summed E-state index contributed by atoms with van der Waals surface area (Å²) in [5.74, 6) is -2.15. The molecule has 254 valence electrons. The van der Waals surface area contributed by atoms with Gasteiger partial charge in [0, 0.05) is 25.2 Å². The lowest BCUT2D eigenvalue weighted by Gasteiger charge is -2.50. The van der Waals surface area contributed by atoms with Crippen molar-refractivity contribution in [3.05, 3.63) is 58.7 Å². The van der Waals surface area contributed by atoms with Crippen molar-refractivity contribution in [1.82, 2.24) is 0 Å². The molecule has 0 radical (unpaired) electrons. The Labute approximate surface area is 274 Å². The Kier molecular flexibility index (Phi) is 10.5. The first-order valence-electron chi connectivity index (χ1n) is 16.8. The molecule has 2 bridgehead atoms. The summed E-state index contributed by atoms with van der Waals surface area (Å²) in [5, 5.41) is 27.6. The molecule has 10 unspecified atom stereocenters. The van der Waals surface area contributed by atoms with Crippen molar-refractivity contribution in [2.45, 2.75) is 122 Å². The quantitative estimate of drug-likeness (QED) is 0.229. The number of aliphatic hydroxyl groups excluding tert-OH is 1. The number of hydrogen-bond acceptors (Lipinski definition) is 9. The zero-order valence-corrected chi connectivity index (χ0v) is 28.7. The Morgan fingerprint density at radius 1 is 1.20 bits per heavy atom. The second-order valence-electron chi connectivity index (χ2n) is 14.5. The number of aliphatic hydroxyl groups is 2. The summed E-state index contributed by atoms with van der Waals surface area (Å²) >= 11 is 0. The number of hydrogen-bond donors (Lipinski definition) is 2. The van der Waals surface area contributed by atoms with E-state index in [0.29, 0.717) is 42.7 Å². The van der Waals surface area contributed by atoms with Crippen LogP contribution in [0.2, 0.25) is 0 Å². The minimum absolute atomic E-state index is 0.0340. The van der Waals surface area contributed by atoms with Gasteiger partial charge in [-0.1, -0.05) is 74.9 Å². The zero-order valence-electron chi connectivity index (χ0n) is 28.7. The predicted octanol–water partition coefficient (Wildman–Crippen LogP) is 5.73. The monoisotopic (exact) mass is 639 g/mol. The topological polar surface area (TPSA) is 116 Å². The molecule has 1 aliphatic carbocycles. The third kappa shape index (κ3) is 6.99. The maximum Gasteiger partial charge on any atom is 0.316 e. The van der Waals surface area contributed by atoms with Gasteiger partial charge in [-0.15, -0.1) is 0 Å². The Bertz CT molecular complexity index is 1340. The van der Waals surface area contributed by atoms with Gasteiger partial charge in [-0.05, 0) is 62.2 Å². The molecule has 0 aromatic rings. The Balaban J connectivity index is 1.55. The lowest BCUT2D eigenvalue weighted by molar-refractivity contribution is -0.313. The number of fused-ring (bicyclic) bond motifs is 2. The number of rotatable bonds is 3. The van der Waals surface area contributed by atoms with Gasteiger partial charge in [-0.25, -0.2) is 0 Å². The lowest BCUT2D eigenvalue weighted by atomic mass is 9.71. The highest BCUT2D eigenvalue weighted by Gasteiger charge is 2.60. The van der Waals surface area contributed by atoms with Gasteiger partial charge < -0.3 is 34.0 Å². The maximum atomic E-state index is 14.2. The fourth-order valence-electron chi connectivity index (χ4n) is 7.94. The second-order valence-corrected chi connectivity index (χ2v) is 14.5. The molecule has 2 N–H and O–H groups in total. The molecule has 0 aromatic heterocycles.